The predicted molar refractivity (Wildman–Crippen MR) is 114 cm³/mol. The molecule has 2 fully saturated rings. The molecule has 2 aliphatic heterocycles. The Morgan fingerprint density at radius 2 is 1.74 bits per heavy atom. The zero-order valence-corrected chi connectivity index (χ0v) is 17.8. The van der Waals surface area contributed by atoms with E-state index in [2.05, 4.69) is 55.4 Å². The van der Waals surface area contributed by atoms with Crippen LogP contribution in [0.3, 0.4) is 0 Å². The third kappa shape index (κ3) is 5.59. The topological polar surface area (TPSA) is 35.1 Å². The molecule has 0 N–H and O–H groups in total. The Labute approximate surface area is 180 Å². The number of rotatable bonds is 5. The van der Waals surface area contributed by atoms with Crippen LogP contribution in [0.1, 0.15) is 12.5 Å². The number of ether oxygens (including phenoxy) is 1. The smallest absolute Gasteiger partial charge is 0.406 e. The van der Waals surface area contributed by atoms with Crippen LogP contribution in [0, 0.1) is 0 Å². The maximum Gasteiger partial charge on any atom is 0.573 e. The standard InChI is InChI=1S/C22H28F3N5O/c1-17-14-30(19-3-5-20(6-4-19)31-22(23,24)25)16-29(17)15-18-7-8-26-21(13-18)28-11-9-27(2)10-12-28/h3-8,13,17H,9-12,14-16H2,1-2H3. The number of hydrogen-bond acceptors (Lipinski definition) is 6. The van der Waals surface area contributed by atoms with Crippen molar-refractivity contribution in [1.29, 1.82) is 0 Å². The van der Waals surface area contributed by atoms with Crippen LogP contribution in [-0.4, -0.2) is 73.6 Å². The van der Waals surface area contributed by atoms with Gasteiger partial charge in [-0.1, -0.05) is 0 Å². The van der Waals surface area contributed by atoms with E-state index >= 15 is 0 Å². The van der Waals surface area contributed by atoms with Gasteiger partial charge in [-0.3, -0.25) is 4.90 Å². The van der Waals surface area contributed by atoms with E-state index in [0.29, 0.717) is 12.7 Å². The SMILES string of the molecule is CC1CN(c2ccc(OC(F)(F)F)cc2)CN1Cc1ccnc(N2CCN(C)CC2)c1. The van der Waals surface area contributed by atoms with Gasteiger partial charge in [0, 0.05) is 57.2 Å². The van der Waals surface area contributed by atoms with Gasteiger partial charge in [0.15, 0.2) is 0 Å². The summed E-state index contributed by atoms with van der Waals surface area (Å²) < 4.78 is 41.1. The van der Waals surface area contributed by atoms with Gasteiger partial charge in [0.05, 0.1) is 6.67 Å². The second-order valence-electron chi connectivity index (χ2n) is 8.31. The van der Waals surface area contributed by atoms with Crippen molar-refractivity contribution in [3.05, 3.63) is 48.2 Å². The Hall–Kier alpha value is -2.52. The highest BCUT2D eigenvalue weighted by atomic mass is 19.4. The van der Waals surface area contributed by atoms with Crippen molar-refractivity contribution in [2.75, 3.05) is 56.2 Å². The lowest BCUT2D eigenvalue weighted by Gasteiger charge is -2.33. The molecular formula is C22H28F3N5O. The Kier molecular flexibility index (Phi) is 6.24. The molecule has 4 rings (SSSR count). The van der Waals surface area contributed by atoms with Gasteiger partial charge in [0.2, 0.25) is 0 Å². The van der Waals surface area contributed by atoms with Gasteiger partial charge in [-0.2, -0.15) is 0 Å². The second kappa shape index (κ2) is 8.92. The highest BCUT2D eigenvalue weighted by Gasteiger charge is 2.31. The molecule has 2 saturated heterocycles. The van der Waals surface area contributed by atoms with E-state index < -0.39 is 6.36 Å². The molecule has 0 aliphatic carbocycles. The molecule has 2 aromatic rings. The number of nitrogens with zero attached hydrogens (tertiary/aromatic N) is 5. The lowest BCUT2D eigenvalue weighted by molar-refractivity contribution is -0.274. The van der Waals surface area contributed by atoms with E-state index in [0.717, 1.165) is 50.8 Å². The first-order valence-corrected chi connectivity index (χ1v) is 10.5. The monoisotopic (exact) mass is 435 g/mol. The van der Waals surface area contributed by atoms with E-state index in [9.17, 15) is 13.2 Å². The number of aromatic nitrogens is 1. The Morgan fingerprint density at radius 3 is 2.42 bits per heavy atom. The quantitative estimate of drug-likeness (QED) is 0.717. The number of alkyl halides is 3. The normalized spacial score (nSPS) is 21.0. The van der Waals surface area contributed by atoms with Gasteiger partial charge < -0.3 is 19.4 Å². The van der Waals surface area contributed by atoms with Crippen LogP contribution >= 0.6 is 0 Å². The van der Waals surface area contributed by atoms with Crippen molar-refractivity contribution >= 4 is 11.5 Å². The molecule has 1 atom stereocenters. The number of likely N-dealkylation sites (N-methyl/N-ethyl adjacent to an activating group) is 1. The fraction of sp³-hybridized carbons (Fsp3) is 0.500. The molecule has 2 aliphatic rings. The Morgan fingerprint density at radius 1 is 1.03 bits per heavy atom. The van der Waals surface area contributed by atoms with Crippen LogP contribution in [0.5, 0.6) is 5.75 Å². The highest BCUT2D eigenvalue weighted by Crippen LogP contribution is 2.28. The van der Waals surface area contributed by atoms with Crippen LogP contribution in [0.15, 0.2) is 42.6 Å². The number of pyridine rings is 1. The van der Waals surface area contributed by atoms with Crippen molar-refractivity contribution in [2.24, 2.45) is 0 Å². The van der Waals surface area contributed by atoms with Crippen LogP contribution in [0.4, 0.5) is 24.7 Å². The second-order valence-corrected chi connectivity index (χ2v) is 8.31. The van der Waals surface area contributed by atoms with Gasteiger partial charge in [-0.15, -0.1) is 13.2 Å². The van der Waals surface area contributed by atoms with Crippen molar-refractivity contribution in [2.45, 2.75) is 25.9 Å². The molecule has 0 saturated carbocycles. The van der Waals surface area contributed by atoms with E-state index in [1.165, 1.54) is 17.7 Å². The first-order chi connectivity index (χ1) is 14.8. The summed E-state index contributed by atoms with van der Waals surface area (Å²) in [5.74, 6) is 0.822. The Bertz CT molecular complexity index is 868. The summed E-state index contributed by atoms with van der Waals surface area (Å²) in [5.41, 5.74) is 2.10. The average Bonchev–Trinajstić information content (AvgIpc) is 3.08. The average molecular weight is 435 g/mol. The van der Waals surface area contributed by atoms with Gasteiger partial charge >= 0.3 is 6.36 Å². The first-order valence-electron chi connectivity index (χ1n) is 10.5. The molecular weight excluding hydrogens is 407 g/mol. The summed E-state index contributed by atoms with van der Waals surface area (Å²) in [4.78, 5) is 13.7. The van der Waals surface area contributed by atoms with Crippen LogP contribution in [-0.2, 0) is 6.54 Å². The van der Waals surface area contributed by atoms with E-state index in [1.807, 2.05) is 6.20 Å². The lowest BCUT2D eigenvalue weighted by atomic mass is 10.2. The fourth-order valence-electron chi connectivity index (χ4n) is 4.10. The van der Waals surface area contributed by atoms with Gasteiger partial charge in [-0.25, -0.2) is 4.98 Å². The van der Waals surface area contributed by atoms with E-state index in [4.69, 9.17) is 0 Å². The Balaban J connectivity index is 1.38. The summed E-state index contributed by atoms with van der Waals surface area (Å²) in [7, 11) is 2.14. The van der Waals surface area contributed by atoms with Gasteiger partial charge in [-0.05, 0) is 55.9 Å². The maximum atomic E-state index is 12.4. The minimum Gasteiger partial charge on any atom is -0.406 e. The number of hydrogen-bond donors (Lipinski definition) is 0. The summed E-state index contributed by atoms with van der Waals surface area (Å²) >= 11 is 0. The summed E-state index contributed by atoms with van der Waals surface area (Å²) in [6, 6.07) is 10.6. The molecule has 3 heterocycles. The largest absolute Gasteiger partial charge is 0.573 e. The maximum absolute atomic E-state index is 12.4. The zero-order valence-electron chi connectivity index (χ0n) is 17.8. The third-order valence-electron chi connectivity index (χ3n) is 5.92. The molecule has 0 spiro atoms. The number of anilines is 2. The zero-order chi connectivity index (χ0) is 22.0. The third-order valence-corrected chi connectivity index (χ3v) is 5.92. The van der Waals surface area contributed by atoms with Crippen LogP contribution in [0.25, 0.3) is 0 Å². The molecule has 1 unspecified atom stereocenters. The molecule has 0 amide bonds. The van der Waals surface area contributed by atoms with Crippen molar-refractivity contribution in [3.63, 3.8) is 0 Å². The molecule has 168 valence electrons. The molecule has 9 heteroatoms. The number of piperazine rings is 1. The number of halogens is 3. The predicted octanol–water partition coefficient (Wildman–Crippen LogP) is 3.40. The summed E-state index contributed by atoms with van der Waals surface area (Å²) in [6.07, 6.45) is -2.80. The van der Waals surface area contributed by atoms with Crippen LogP contribution in [0.2, 0.25) is 0 Å². The lowest BCUT2D eigenvalue weighted by Crippen LogP contribution is -2.44. The summed E-state index contributed by atoms with van der Waals surface area (Å²) in [5, 5.41) is 0. The molecule has 1 aromatic heterocycles. The molecule has 0 radical (unpaired) electrons. The molecule has 1 aromatic carbocycles. The molecule has 31 heavy (non-hydrogen) atoms. The first kappa shape index (κ1) is 21.7. The minimum absolute atomic E-state index is 0.200. The summed E-state index contributed by atoms with van der Waals surface area (Å²) in [6.45, 7) is 8.54. The van der Waals surface area contributed by atoms with E-state index in [-0.39, 0.29) is 5.75 Å². The van der Waals surface area contributed by atoms with Gasteiger partial charge in [0.1, 0.15) is 11.6 Å². The molecule has 6 nitrogen and oxygen atoms in total. The highest BCUT2D eigenvalue weighted by molar-refractivity contribution is 5.50. The fourth-order valence-corrected chi connectivity index (χ4v) is 4.10. The van der Waals surface area contributed by atoms with Gasteiger partial charge in [0.25, 0.3) is 0 Å². The number of benzene rings is 1. The minimum atomic E-state index is -4.67. The van der Waals surface area contributed by atoms with E-state index in [1.54, 1.807) is 12.1 Å². The van der Waals surface area contributed by atoms with Crippen molar-refractivity contribution in [3.8, 4) is 5.75 Å². The van der Waals surface area contributed by atoms with Crippen molar-refractivity contribution in [1.82, 2.24) is 14.8 Å². The molecule has 0 bridgehead atoms. The van der Waals surface area contributed by atoms with Crippen molar-refractivity contribution < 1.29 is 17.9 Å². The van der Waals surface area contributed by atoms with Crippen LogP contribution < -0.4 is 14.5 Å².